The van der Waals surface area contributed by atoms with Crippen LogP contribution in [0.25, 0.3) is 0 Å². The monoisotopic (exact) mass is 221 g/mol. The van der Waals surface area contributed by atoms with Crippen LogP contribution in [0.2, 0.25) is 0 Å². The highest BCUT2D eigenvalue weighted by atomic mass is 16.5. The molecule has 0 amide bonds. The molecule has 1 saturated carbocycles. The van der Waals surface area contributed by atoms with E-state index in [2.05, 4.69) is 0 Å². The second kappa shape index (κ2) is 4.53. The van der Waals surface area contributed by atoms with Gasteiger partial charge in [0.25, 0.3) is 0 Å². The lowest BCUT2D eigenvalue weighted by atomic mass is 10.1. The molecular formula is C12H15NO3. The molecule has 0 atom stereocenters. The van der Waals surface area contributed by atoms with Crippen molar-refractivity contribution in [1.82, 2.24) is 0 Å². The highest BCUT2D eigenvalue weighted by molar-refractivity contribution is 5.98. The van der Waals surface area contributed by atoms with Crippen molar-refractivity contribution in [2.45, 2.75) is 18.9 Å². The predicted molar refractivity (Wildman–Crippen MR) is 60.0 cm³/mol. The lowest BCUT2D eigenvalue weighted by molar-refractivity contribution is 0.100. The van der Waals surface area contributed by atoms with E-state index < -0.39 is 0 Å². The van der Waals surface area contributed by atoms with Crippen LogP contribution in [-0.2, 0) is 0 Å². The van der Waals surface area contributed by atoms with Crippen molar-refractivity contribution in [3.05, 3.63) is 23.8 Å². The van der Waals surface area contributed by atoms with Crippen molar-refractivity contribution >= 4 is 5.78 Å². The first kappa shape index (κ1) is 11.0. The number of nitrogens with two attached hydrogens (primary N) is 1. The van der Waals surface area contributed by atoms with Gasteiger partial charge in [0.1, 0.15) is 0 Å². The number of carbonyl (C=O) groups excluding carboxylic acids is 1. The van der Waals surface area contributed by atoms with Crippen molar-refractivity contribution < 1.29 is 14.3 Å². The number of benzene rings is 1. The minimum absolute atomic E-state index is 0.00912. The molecule has 4 nitrogen and oxygen atoms in total. The molecule has 2 rings (SSSR count). The maximum absolute atomic E-state index is 11.4. The lowest BCUT2D eigenvalue weighted by Gasteiger charge is -2.11. The maximum Gasteiger partial charge on any atom is 0.176 e. The molecule has 0 spiro atoms. The molecule has 0 bridgehead atoms. The molecule has 2 N–H and O–H groups in total. The van der Waals surface area contributed by atoms with E-state index in [9.17, 15) is 4.79 Å². The van der Waals surface area contributed by atoms with E-state index in [1.807, 2.05) is 0 Å². The van der Waals surface area contributed by atoms with Gasteiger partial charge in [0.15, 0.2) is 17.3 Å². The average Bonchev–Trinajstić information content (AvgIpc) is 3.12. The van der Waals surface area contributed by atoms with Crippen LogP contribution in [0.1, 0.15) is 23.2 Å². The first-order valence-electron chi connectivity index (χ1n) is 5.32. The number of methoxy groups -OCH3 is 1. The molecule has 4 heteroatoms. The van der Waals surface area contributed by atoms with Crippen molar-refractivity contribution in [1.29, 1.82) is 0 Å². The van der Waals surface area contributed by atoms with Crippen molar-refractivity contribution in [3.63, 3.8) is 0 Å². The zero-order chi connectivity index (χ0) is 11.5. The van der Waals surface area contributed by atoms with Crippen LogP contribution in [0.15, 0.2) is 18.2 Å². The fourth-order valence-electron chi connectivity index (χ4n) is 1.43. The molecular weight excluding hydrogens is 206 g/mol. The third kappa shape index (κ3) is 2.33. The summed E-state index contributed by atoms with van der Waals surface area (Å²) < 4.78 is 10.8. The molecule has 86 valence electrons. The molecule has 0 saturated heterocycles. The Labute approximate surface area is 94.3 Å². The van der Waals surface area contributed by atoms with E-state index in [0.29, 0.717) is 17.1 Å². The summed E-state index contributed by atoms with van der Waals surface area (Å²) in [4.78, 5) is 11.4. The summed E-state index contributed by atoms with van der Waals surface area (Å²) in [5.41, 5.74) is 5.89. The zero-order valence-electron chi connectivity index (χ0n) is 9.23. The molecule has 0 unspecified atom stereocenters. The van der Waals surface area contributed by atoms with E-state index in [-0.39, 0.29) is 18.4 Å². The number of Topliss-reactive ketones (excluding diaryl/α,β-unsaturated/α-hetero) is 1. The molecule has 0 radical (unpaired) electrons. The van der Waals surface area contributed by atoms with Gasteiger partial charge in [-0.25, -0.2) is 0 Å². The Kier molecular flexibility index (Phi) is 3.10. The molecule has 1 aliphatic rings. The molecule has 1 aromatic rings. The van der Waals surface area contributed by atoms with Gasteiger partial charge in [0.2, 0.25) is 0 Å². The zero-order valence-corrected chi connectivity index (χ0v) is 9.23. The first-order chi connectivity index (χ1) is 7.74. The second-order valence-corrected chi connectivity index (χ2v) is 3.81. The molecule has 0 aliphatic heterocycles. The number of carbonyl (C=O) groups is 1. The van der Waals surface area contributed by atoms with Gasteiger partial charge in [-0.2, -0.15) is 0 Å². The number of ketones is 1. The van der Waals surface area contributed by atoms with E-state index in [1.54, 1.807) is 25.3 Å². The van der Waals surface area contributed by atoms with E-state index in [4.69, 9.17) is 15.2 Å². The van der Waals surface area contributed by atoms with Gasteiger partial charge in [0, 0.05) is 5.56 Å². The second-order valence-electron chi connectivity index (χ2n) is 3.81. The Balaban J connectivity index is 2.25. The Morgan fingerprint density at radius 2 is 2.19 bits per heavy atom. The fourth-order valence-corrected chi connectivity index (χ4v) is 1.43. The summed E-state index contributed by atoms with van der Waals surface area (Å²) in [5, 5.41) is 0. The smallest absolute Gasteiger partial charge is 0.176 e. The molecule has 0 aromatic heterocycles. The lowest BCUT2D eigenvalue weighted by Crippen LogP contribution is -2.13. The largest absolute Gasteiger partial charge is 0.493 e. The Bertz CT molecular complexity index is 399. The van der Waals surface area contributed by atoms with Crippen molar-refractivity contribution in [2.75, 3.05) is 13.7 Å². The van der Waals surface area contributed by atoms with Gasteiger partial charge >= 0.3 is 0 Å². The Hall–Kier alpha value is -1.55. The van der Waals surface area contributed by atoms with Gasteiger partial charge < -0.3 is 15.2 Å². The molecule has 16 heavy (non-hydrogen) atoms. The van der Waals surface area contributed by atoms with Gasteiger partial charge in [0.05, 0.1) is 19.8 Å². The average molecular weight is 221 g/mol. The van der Waals surface area contributed by atoms with Crippen LogP contribution >= 0.6 is 0 Å². The van der Waals surface area contributed by atoms with Crippen molar-refractivity contribution in [3.8, 4) is 11.5 Å². The highest BCUT2D eigenvalue weighted by Crippen LogP contribution is 2.34. The fraction of sp³-hybridized carbons (Fsp3) is 0.417. The van der Waals surface area contributed by atoms with Crippen LogP contribution in [0.4, 0.5) is 0 Å². The summed E-state index contributed by atoms with van der Waals surface area (Å²) in [7, 11) is 1.58. The summed E-state index contributed by atoms with van der Waals surface area (Å²) in [6.45, 7) is 0.00912. The molecule has 0 heterocycles. The quantitative estimate of drug-likeness (QED) is 0.763. The van der Waals surface area contributed by atoms with Gasteiger partial charge in [-0.05, 0) is 31.0 Å². The predicted octanol–water partition coefficient (Wildman–Crippen LogP) is 1.38. The standard InChI is InChI=1S/C12H15NO3/c1-15-11-5-2-8(10(14)7-13)6-12(11)16-9-3-4-9/h2,5-6,9H,3-4,7,13H2,1H3. The Morgan fingerprint density at radius 3 is 2.75 bits per heavy atom. The minimum atomic E-state index is -0.0942. The van der Waals surface area contributed by atoms with E-state index in [1.165, 1.54) is 0 Å². The van der Waals surface area contributed by atoms with Crippen LogP contribution in [0.5, 0.6) is 11.5 Å². The number of rotatable bonds is 5. The summed E-state index contributed by atoms with van der Waals surface area (Å²) >= 11 is 0. The van der Waals surface area contributed by atoms with E-state index >= 15 is 0 Å². The summed E-state index contributed by atoms with van der Waals surface area (Å²) in [6, 6.07) is 5.14. The van der Waals surface area contributed by atoms with Gasteiger partial charge in [-0.1, -0.05) is 0 Å². The van der Waals surface area contributed by atoms with E-state index in [0.717, 1.165) is 12.8 Å². The molecule has 1 fully saturated rings. The highest BCUT2D eigenvalue weighted by Gasteiger charge is 2.25. The number of hydrogen-bond donors (Lipinski definition) is 1. The van der Waals surface area contributed by atoms with Crippen LogP contribution < -0.4 is 15.2 Å². The molecule has 1 aliphatic carbocycles. The summed E-state index contributed by atoms with van der Waals surface area (Å²) in [5.74, 6) is 1.19. The van der Waals surface area contributed by atoms with Crippen molar-refractivity contribution in [2.24, 2.45) is 5.73 Å². The topological polar surface area (TPSA) is 61.5 Å². The molecule has 1 aromatic carbocycles. The maximum atomic E-state index is 11.4. The number of hydrogen-bond acceptors (Lipinski definition) is 4. The van der Waals surface area contributed by atoms with Gasteiger partial charge in [-0.3, -0.25) is 4.79 Å². The van der Waals surface area contributed by atoms with Crippen LogP contribution in [0, 0.1) is 0 Å². The normalized spacial score (nSPS) is 14.6. The third-order valence-corrected chi connectivity index (χ3v) is 2.49. The Morgan fingerprint density at radius 1 is 1.44 bits per heavy atom. The van der Waals surface area contributed by atoms with Crippen LogP contribution in [-0.4, -0.2) is 25.5 Å². The SMILES string of the molecule is COc1ccc(C(=O)CN)cc1OC1CC1. The third-order valence-electron chi connectivity index (χ3n) is 2.49. The van der Waals surface area contributed by atoms with Crippen LogP contribution in [0.3, 0.4) is 0 Å². The summed E-state index contributed by atoms with van der Waals surface area (Å²) in [6.07, 6.45) is 2.41. The van der Waals surface area contributed by atoms with Gasteiger partial charge in [-0.15, -0.1) is 0 Å². The first-order valence-corrected chi connectivity index (χ1v) is 5.32. The minimum Gasteiger partial charge on any atom is -0.493 e. The number of ether oxygens (including phenoxy) is 2.